The number of amides is 2. The Bertz CT molecular complexity index is 1110. The van der Waals surface area contributed by atoms with E-state index >= 15 is 0 Å². The molecule has 30 heavy (non-hydrogen) atoms. The fourth-order valence-electron chi connectivity index (χ4n) is 3.80. The van der Waals surface area contributed by atoms with E-state index in [-0.39, 0.29) is 11.8 Å². The molecule has 0 bridgehead atoms. The average molecular weight is 402 g/mol. The lowest BCUT2D eigenvalue weighted by atomic mass is 10.0. The monoisotopic (exact) mass is 402 g/mol. The molecule has 1 unspecified atom stereocenters. The molecular weight excluding hydrogens is 379 g/mol. The number of hydrogen-bond acceptors (Lipinski definition) is 2. The minimum absolute atomic E-state index is 0.118. The van der Waals surface area contributed by atoms with Crippen molar-refractivity contribution in [2.75, 3.05) is 5.32 Å². The van der Waals surface area contributed by atoms with E-state index in [1.807, 2.05) is 44.2 Å². The van der Waals surface area contributed by atoms with Crippen molar-refractivity contribution in [3.8, 4) is 11.1 Å². The standard InChI is InChI=1S/C25H23FN2O2/c1-15(2)23(28-24(29)16-7-9-19(26)10-8-16)25(30)27-20-11-12-22-18(14-20)13-17-5-3-4-6-21(17)22/h3-12,14-15,23H,13H2,1-2H3,(H,27,30)(H,28,29). The molecule has 1 aliphatic rings. The molecule has 1 atom stereocenters. The minimum atomic E-state index is -0.715. The number of fused-ring (bicyclic) bond motifs is 3. The Labute approximate surface area is 175 Å². The number of carbonyl (C=O) groups is 2. The zero-order valence-electron chi connectivity index (χ0n) is 16.9. The number of halogens is 1. The van der Waals surface area contributed by atoms with E-state index in [9.17, 15) is 14.0 Å². The summed E-state index contributed by atoms with van der Waals surface area (Å²) < 4.78 is 13.1. The third-order valence-electron chi connectivity index (χ3n) is 5.40. The molecule has 3 aromatic rings. The zero-order chi connectivity index (χ0) is 21.3. The summed E-state index contributed by atoms with van der Waals surface area (Å²) in [6, 6.07) is 18.7. The second kappa shape index (κ2) is 8.11. The van der Waals surface area contributed by atoms with Crippen molar-refractivity contribution >= 4 is 17.5 Å². The zero-order valence-corrected chi connectivity index (χ0v) is 16.9. The minimum Gasteiger partial charge on any atom is -0.340 e. The van der Waals surface area contributed by atoms with Gasteiger partial charge in [-0.05, 0) is 71.0 Å². The van der Waals surface area contributed by atoms with Crippen molar-refractivity contribution < 1.29 is 14.0 Å². The molecule has 3 aromatic carbocycles. The van der Waals surface area contributed by atoms with Gasteiger partial charge in [-0.15, -0.1) is 0 Å². The van der Waals surface area contributed by atoms with Crippen LogP contribution in [0.4, 0.5) is 10.1 Å². The van der Waals surface area contributed by atoms with Gasteiger partial charge in [0.15, 0.2) is 0 Å². The Kier molecular flexibility index (Phi) is 5.36. The highest BCUT2D eigenvalue weighted by Gasteiger charge is 2.25. The SMILES string of the molecule is CC(C)C(NC(=O)c1ccc(F)cc1)C(=O)Nc1ccc2c(c1)Cc1ccccc1-2. The van der Waals surface area contributed by atoms with Gasteiger partial charge in [0.2, 0.25) is 5.91 Å². The number of anilines is 1. The van der Waals surface area contributed by atoms with Gasteiger partial charge in [0, 0.05) is 11.3 Å². The third-order valence-corrected chi connectivity index (χ3v) is 5.40. The van der Waals surface area contributed by atoms with Crippen LogP contribution < -0.4 is 10.6 Å². The molecule has 152 valence electrons. The van der Waals surface area contributed by atoms with Crippen molar-refractivity contribution in [1.82, 2.24) is 5.32 Å². The Morgan fingerprint density at radius 1 is 0.900 bits per heavy atom. The van der Waals surface area contributed by atoms with Gasteiger partial charge >= 0.3 is 0 Å². The van der Waals surface area contributed by atoms with Crippen LogP contribution in [0.3, 0.4) is 0 Å². The first-order valence-corrected chi connectivity index (χ1v) is 10.0. The lowest BCUT2D eigenvalue weighted by Crippen LogP contribution is -2.47. The average Bonchev–Trinajstić information content (AvgIpc) is 3.09. The van der Waals surface area contributed by atoms with Crippen LogP contribution in [0.2, 0.25) is 0 Å². The first-order chi connectivity index (χ1) is 14.4. The summed E-state index contributed by atoms with van der Waals surface area (Å²) in [4.78, 5) is 25.4. The van der Waals surface area contributed by atoms with Crippen molar-refractivity contribution in [2.45, 2.75) is 26.3 Å². The van der Waals surface area contributed by atoms with Crippen LogP contribution in [0.15, 0.2) is 66.7 Å². The van der Waals surface area contributed by atoms with Crippen molar-refractivity contribution in [3.63, 3.8) is 0 Å². The van der Waals surface area contributed by atoms with E-state index in [1.165, 1.54) is 46.5 Å². The van der Waals surface area contributed by atoms with Crippen LogP contribution in [0.25, 0.3) is 11.1 Å². The quantitative estimate of drug-likeness (QED) is 0.504. The Hall–Kier alpha value is -3.47. The molecule has 4 rings (SSSR count). The number of rotatable bonds is 5. The molecule has 4 nitrogen and oxygen atoms in total. The smallest absolute Gasteiger partial charge is 0.251 e. The normalized spacial score (nSPS) is 12.8. The first-order valence-electron chi connectivity index (χ1n) is 10.0. The molecule has 0 aromatic heterocycles. The van der Waals surface area contributed by atoms with Gasteiger partial charge in [-0.3, -0.25) is 9.59 Å². The molecule has 1 aliphatic carbocycles. The second-order valence-electron chi connectivity index (χ2n) is 7.90. The third kappa shape index (κ3) is 3.96. The highest BCUT2D eigenvalue weighted by molar-refractivity contribution is 6.01. The van der Waals surface area contributed by atoms with Crippen molar-refractivity contribution in [1.29, 1.82) is 0 Å². The van der Waals surface area contributed by atoms with Gasteiger partial charge < -0.3 is 10.6 Å². The summed E-state index contributed by atoms with van der Waals surface area (Å²) in [5.41, 5.74) is 5.89. The van der Waals surface area contributed by atoms with Crippen LogP contribution in [-0.2, 0) is 11.2 Å². The summed E-state index contributed by atoms with van der Waals surface area (Å²) >= 11 is 0. The van der Waals surface area contributed by atoms with E-state index in [0.29, 0.717) is 11.3 Å². The molecule has 0 saturated carbocycles. The van der Waals surface area contributed by atoms with Crippen LogP contribution in [-0.4, -0.2) is 17.9 Å². The number of carbonyl (C=O) groups excluding carboxylic acids is 2. The Morgan fingerprint density at radius 3 is 2.33 bits per heavy atom. The van der Waals surface area contributed by atoms with Gasteiger partial charge in [-0.1, -0.05) is 44.2 Å². The molecule has 0 radical (unpaired) electrons. The molecular formula is C25H23FN2O2. The molecule has 0 spiro atoms. The topological polar surface area (TPSA) is 58.2 Å². The number of nitrogens with one attached hydrogen (secondary N) is 2. The predicted octanol–water partition coefficient (Wildman–Crippen LogP) is 4.79. The maximum Gasteiger partial charge on any atom is 0.251 e. The van der Waals surface area contributed by atoms with Crippen LogP contribution in [0.1, 0.15) is 35.3 Å². The number of benzene rings is 3. The van der Waals surface area contributed by atoms with E-state index < -0.39 is 17.8 Å². The van der Waals surface area contributed by atoms with E-state index in [1.54, 1.807) is 0 Å². The van der Waals surface area contributed by atoms with Gasteiger partial charge in [0.1, 0.15) is 11.9 Å². The summed E-state index contributed by atoms with van der Waals surface area (Å²) in [6.07, 6.45) is 0.837. The van der Waals surface area contributed by atoms with Crippen LogP contribution in [0, 0.1) is 11.7 Å². The maximum atomic E-state index is 13.1. The highest BCUT2D eigenvalue weighted by atomic mass is 19.1. The summed E-state index contributed by atoms with van der Waals surface area (Å²) in [5.74, 6) is -1.22. The van der Waals surface area contributed by atoms with Gasteiger partial charge in [-0.25, -0.2) is 4.39 Å². The second-order valence-corrected chi connectivity index (χ2v) is 7.90. The lowest BCUT2D eigenvalue weighted by Gasteiger charge is -2.22. The van der Waals surface area contributed by atoms with Gasteiger partial charge in [-0.2, -0.15) is 0 Å². The summed E-state index contributed by atoms with van der Waals surface area (Å²) in [7, 11) is 0. The molecule has 0 saturated heterocycles. The Morgan fingerprint density at radius 2 is 1.60 bits per heavy atom. The number of hydrogen-bond donors (Lipinski definition) is 2. The molecule has 5 heteroatoms. The fraction of sp³-hybridized carbons (Fsp3) is 0.200. The van der Waals surface area contributed by atoms with E-state index in [2.05, 4.69) is 22.8 Å². The lowest BCUT2D eigenvalue weighted by molar-refractivity contribution is -0.118. The van der Waals surface area contributed by atoms with E-state index in [0.717, 1.165) is 6.42 Å². The molecule has 2 N–H and O–H groups in total. The largest absolute Gasteiger partial charge is 0.340 e. The molecule has 0 fully saturated rings. The van der Waals surface area contributed by atoms with Crippen molar-refractivity contribution in [3.05, 3.63) is 89.2 Å². The summed E-state index contributed by atoms with van der Waals surface area (Å²) in [6.45, 7) is 3.74. The summed E-state index contributed by atoms with van der Waals surface area (Å²) in [5, 5.41) is 5.70. The predicted molar refractivity (Wildman–Crippen MR) is 116 cm³/mol. The molecule has 0 heterocycles. The van der Waals surface area contributed by atoms with Crippen molar-refractivity contribution in [2.24, 2.45) is 5.92 Å². The molecule has 0 aliphatic heterocycles. The van der Waals surface area contributed by atoms with Gasteiger partial charge in [0.25, 0.3) is 5.91 Å². The maximum absolute atomic E-state index is 13.1. The highest BCUT2D eigenvalue weighted by Crippen LogP contribution is 2.37. The fourth-order valence-corrected chi connectivity index (χ4v) is 3.80. The van der Waals surface area contributed by atoms with Crippen LogP contribution >= 0.6 is 0 Å². The van der Waals surface area contributed by atoms with E-state index in [4.69, 9.17) is 0 Å². The first kappa shape index (κ1) is 19.8. The Balaban J connectivity index is 1.48. The van der Waals surface area contributed by atoms with Crippen LogP contribution in [0.5, 0.6) is 0 Å². The molecule has 2 amide bonds. The van der Waals surface area contributed by atoms with Gasteiger partial charge in [0.05, 0.1) is 0 Å².